The molecule has 0 saturated carbocycles. The van der Waals surface area contributed by atoms with Crippen molar-refractivity contribution in [2.75, 3.05) is 17.1 Å². The summed E-state index contributed by atoms with van der Waals surface area (Å²) in [7, 11) is 1.66. The number of methoxy groups -OCH3 is 1. The highest BCUT2D eigenvalue weighted by molar-refractivity contribution is 7.22. The van der Waals surface area contributed by atoms with Crippen molar-refractivity contribution in [2.24, 2.45) is 5.10 Å². The zero-order valence-electron chi connectivity index (χ0n) is 21.3. The van der Waals surface area contributed by atoms with Gasteiger partial charge in [-0.25, -0.2) is 15.0 Å². The van der Waals surface area contributed by atoms with Crippen molar-refractivity contribution in [2.45, 2.75) is 6.17 Å². The number of hydrogen-bond donors (Lipinski definition) is 1. The van der Waals surface area contributed by atoms with E-state index < -0.39 is 0 Å². The SMILES string of the molecule is C=CC1N(c2ccc(C#Cc3ccc(OC)cc3)cc2)N=C(c2ccccc2)NN1c1nc2ccccc2s1. The summed E-state index contributed by atoms with van der Waals surface area (Å²) in [6, 6.07) is 34.0. The number of benzene rings is 4. The lowest BCUT2D eigenvalue weighted by Gasteiger charge is -2.41. The largest absolute Gasteiger partial charge is 0.497 e. The van der Waals surface area contributed by atoms with E-state index in [1.165, 1.54) is 0 Å². The molecule has 0 fully saturated rings. The lowest BCUT2D eigenvalue weighted by Crippen LogP contribution is -2.59. The molecule has 1 aromatic heterocycles. The van der Waals surface area contributed by atoms with Gasteiger partial charge in [0.2, 0.25) is 5.13 Å². The highest BCUT2D eigenvalue weighted by atomic mass is 32.1. The summed E-state index contributed by atoms with van der Waals surface area (Å²) in [6.45, 7) is 4.13. The van der Waals surface area contributed by atoms with Gasteiger partial charge in [0.1, 0.15) is 5.75 Å². The molecule has 2 heterocycles. The smallest absolute Gasteiger partial charge is 0.207 e. The Morgan fingerprint density at radius 1 is 0.872 bits per heavy atom. The molecule has 1 aliphatic rings. The molecule has 0 amide bonds. The molecule has 0 saturated heterocycles. The van der Waals surface area contributed by atoms with Crippen molar-refractivity contribution in [1.29, 1.82) is 0 Å². The maximum atomic E-state index is 5.23. The van der Waals surface area contributed by atoms with Crippen molar-refractivity contribution in [3.8, 4) is 17.6 Å². The first-order valence-electron chi connectivity index (χ1n) is 12.5. The highest BCUT2D eigenvalue weighted by Crippen LogP contribution is 2.33. The standard InChI is InChI=1S/C32H25N5OS/c1-3-30-36(26-19-15-23(16-20-26)13-14-24-17-21-27(38-2)22-18-24)34-31(25-9-5-4-6-10-25)35-37(30)32-33-28-11-7-8-12-29(28)39-32/h3-12,15-22,30H,1H2,2H3,(H,34,35). The van der Waals surface area contributed by atoms with Gasteiger partial charge < -0.3 is 4.74 Å². The quantitative estimate of drug-likeness (QED) is 0.211. The lowest BCUT2D eigenvalue weighted by molar-refractivity contribution is 0.415. The Kier molecular flexibility index (Phi) is 6.69. The Labute approximate surface area is 231 Å². The summed E-state index contributed by atoms with van der Waals surface area (Å²) in [5, 5.41) is 9.80. The predicted molar refractivity (Wildman–Crippen MR) is 160 cm³/mol. The van der Waals surface area contributed by atoms with Gasteiger partial charge in [0.25, 0.3) is 0 Å². The molecule has 1 unspecified atom stereocenters. The molecule has 7 heteroatoms. The predicted octanol–water partition coefficient (Wildman–Crippen LogP) is 6.41. The number of fused-ring (bicyclic) bond motifs is 1. The van der Waals surface area contributed by atoms with E-state index in [-0.39, 0.29) is 6.17 Å². The molecular weight excluding hydrogens is 502 g/mol. The molecule has 190 valence electrons. The van der Waals surface area contributed by atoms with Crippen LogP contribution in [0.3, 0.4) is 0 Å². The summed E-state index contributed by atoms with van der Waals surface area (Å²) in [6.07, 6.45) is 1.55. The number of nitrogens with zero attached hydrogens (tertiary/aromatic N) is 4. The summed E-state index contributed by atoms with van der Waals surface area (Å²) < 4.78 is 6.34. The third-order valence-electron chi connectivity index (χ3n) is 6.27. The minimum atomic E-state index is -0.311. The number of thiazole rings is 1. The zero-order valence-corrected chi connectivity index (χ0v) is 22.1. The Balaban J connectivity index is 1.35. The van der Waals surface area contributed by atoms with E-state index >= 15 is 0 Å². The van der Waals surface area contributed by atoms with Gasteiger partial charge in [-0.1, -0.05) is 72.2 Å². The second-order valence-corrected chi connectivity index (χ2v) is 9.79. The zero-order chi connectivity index (χ0) is 26.6. The van der Waals surface area contributed by atoms with Crippen LogP contribution in [0.5, 0.6) is 5.75 Å². The second kappa shape index (κ2) is 10.7. The van der Waals surface area contributed by atoms with Crippen LogP contribution in [0.4, 0.5) is 10.8 Å². The van der Waals surface area contributed by atoms with E-state index in [1.54, 1.807) is 18.4 Å². The van der Waals surface area contributed by atoms with E-state index in [1.807, 2.05) is 113 Å². The summed E-state index contributed by atoms with van der Waals surface area (Å²) in [5.74, 6) is 7.99. The first-order chi connectivity index (χ1) is 19.2. The maximum absolute atomic E-state index is 5.23. The third kappa shape index (κ3) is 5.06. The fraction of sp³-hybridized carbons (Fsp3) is 0.0625. The van der Waals surface area contributed by atoms with Gasteiger partial charge in [0.05, 0.1) is 23.0 Å². The van der Waals surface area contributed by atoms with Crippen molar-refractivity contribution in [3.63, 3.8) is 0 Å². The van der Waals surface area contributed by atoms with Gasteiger partial charge in [-0.15, -0.1) is 0 Å². The minimum Gasteiger partial charge on any atom is -0.497 e. The van der Waals surface area contributed by atoms with Crippen molar-refractivity contribution < 1.29 is 4.74 Å². The number of hydrogen-bond acceptors (Lipinski definition) is 7. The Bertz CT molecular complexity index is 1670. The van der Waals surface area contributed by atoms with Crippen LogP contribution in [0.1, 0.15) is 16.7 Å². The molecule has 0 radical (unpaired) electrons. The fourth-order valence-corrected chi connectivity index (χ4v) is 5.21. The summed E-state index contributed by atoms with van der Waals surface area (Å²) in [4.78, 5) is 4.90. The number of hydrazine groups is 1. The van der Waals surface area contributed by atoms with Crippen LogP contribution in [0.2, 0.25) is 0 Å². The van der Waals surface area contributed by atoms with Gasteiger partial charge in [-0.3, -0.25) is 5.43 Å². The molecule has 1 atom stereocenters. The van der Waals surface area contributed by atoms with E-state index in [0.29, 0.717) is 0 Å². The van der Waals surface area contributed by atoms with Crippen LogP contribution >= 0.6 is 11.3 Å². The Morgan fingerprint density at radius 3 is 2.21 bits per heavy atom. The number of aromatic nitrogens is 1. The first-order valence-corrected chi connectivity index (χ1v) is 13.3. The number of para-hydroxylation sites is 1. The number of rotatable bonds is 5. The summed E-state index contributed by atoms with van der Waals surface area (Å²) in [5.41, 5.74) is 8.17. The molecule has 5 aromatic rings. The number of amidine groups is 1. The van der Waals surface area contributed by atoms with Crippen molar-refractivity contribution in [1.82, 2.24) is 10.4 Å². The van der Waals surface area contributed by atoms with Crippen LogP contribution in [-0.2, 0) is 0 Å². The van der Waals surface area contributed by atoms with Crippen LogP contribution in [0, 0.1) is 11.8 Å². The van der Waals surface area contributed by atoms with Crippen LogP contribution in [0.25, 0.3) is 10.2 Å². The molecule has 6 rings (SSSR count). The average molecular weight is 528 g/mol. The van der Waals surface area contributed by atoms with E-state index in [9.17, 15) is 0 Å². The van der Waals surface area contributed by atoms with E-state index in [4.69, 9.17) is 14.8 Å². The van der Waals surface area contributed by atoms with Crippen LogP contribution < -0.4 is 20.2 Å². The normalized spacial score (nSPS) is 14.7. The molecule has 0 spiro atoms. The number of hydrazone groups is 1. The van der Waals surface area contributed by atoms with Crippen LogP contribution in [0.15, 0.2) is 121 Å². The number of anilines is 2. The van der Waals surface area contributed by atoms with Gasteiger partial charge in [0, 0.05) is 16.7 Å². The Hall–Kier alpha value is -5.06. The van der Waals surface area contributed by atoms with Crippen molar-refractivity contribution >= 4 is 38.2 Å². The number of ether oxygens (including phenoxy) is 1. The minimum absolute atomic E-state index is 0.311. The summed E-state index contributed by atoms with van der Waals surface area (Å²) >= 11 is 1.62. The van der Waals surface area contributed by atoms with Gasteiger partial charge in [0.15, 0.2) is 12.0 Å². The molecule has 4 aromatic carbocycles. The monoisotopic (exact) mass is 527 g/mol. The number of nitrogens with one attached hydrogen (secondary N) is 1. The van der Waals surface area contributed by atoms with E-state index in [0.717, 1.165) is 49.3 Å². The average Bonchev–Trinajstić information content (AvgIpc) is 3.45. The molecule has 6 nitrogen and oxygen atoms in total. The van der Waals surface area contributed by atoms with Gasteiger partial charge in [-0.2, -0.15) is 5.10 Å². The van der Waals surface area contributed by atoms with Crippen molar-refractivity contribution in [3.05, 3.63) is 132 Å². The van der Waals surface area contributed by atoms with Crippen LogP contribution in [-0.4, -0.2) is 24.1 Å². The van der Waals surface area contributed by atoms with E-state index in [2.05, 4.69) is 29.9 Å². The van der Waals surface area contributed by atoms with Gasteiger partial charge in [-0.05, 0) is 66.7 Å². The second-order valence-electron chi connectivity index (χ2n) is 8.78. The topological polar surface area (TPSA) is 53.0 Å². The molecule has 0 aliphatic carbocycles. The molecule has 1 aliphatic heterocycles. The fourth-order valence-electron chi connectivity index (χ4n) is 4.25. The Morgan fingerprint density at radius 2 is 1.54 bits per heavy atom. The molecular formula is C32H25N5OS. The third-order valence-corrected chi connectivity index (χ3v) is 7.30. The molecule has 39 heavy (non-hydrogen) atoms. The van der Waals surface area contributed by atoms with Gasteiger partial charge >= 0.3 is 0 Å². The first kappa shape index (κ1) is 24.3. The molecule has 1 N–H and O–H groups in total. The molecule has 0 bridgehead atoms. The maximum Gasteiger partial charge on any atom is 0.207 e. The lowest BCUT2D eigenvalue weighted by atomic mass is 10.1. The highest BCUT2D eigenvalue weighted by Gasteiger charge is 2.32.